The van der Waals surface area contributed by atoms with Crippen molar-refractivity contribution >= 4 is 33.2 Å². The molecule has 1 atom stereocenters. The standard InChI is InChI=1S/C21H27ClN2O4S/c1-5-19(21(25)23-12-13-28-20-9-7-6-8-18(20)22)24(29(4,26)27)17-11-10-15(2)16(3)14-17/h6-11,14,19H,5,12-13H2,1-4H3,(H,23,25). The molecule has 1 amide bonds. The number of carbonyl (C=O) groups excluding carboxylic acids is 1. The van der Waals surface area contributed by atoms with Gasteiger partial charge in [0.15, 0.2) is 0 Å². The molecule has 0 spiro atoms. The lowest BCUT2D eigenvalue weighted by atomic mass is 10.1. The SMILES string of the molecule is CCC(C(=O)NCCOc1ccccc1Cl)N(c1ccc(C)c(C)c1)S(C)(=O)=O. The quantitative estimate of drug-likeness (QED) is 0.606. The summed E-state index contributed by atoms with van der Waals surface area (Å²) in [5.41, 5.74) is 2.49. The normalized spacial score (nSPS) is 12.3. The summed E-state index contributed by atoms with van der Waals surface area (Å²) in [5, 5.41) is 3.25. The number of sulfonamides is 1. The van der Waals surface area contributed by atoms with Gasteiger partial charge in [-0.05, 0) is 55.7 Å². The number of hydrogen-bond donors (Lipinski definition) is 1. The van der Waals surface area contributed by atoms with Gasteiger partial charge < -0.3 is 10.1 Å². The van der Waals surface area contributed by atoms with Crippen molar-refractivity contribution in [2.75, 3.05) is 23.7 Å². The lowest BCUT2D eigenvalue weighted by Crippen LogP contribution is -2.50. The zero-order valence-electron chi connectivity index (χ0n) is 17.1. The van der Waals surface area contributed by atoms with Crippen LogP contribution in [0.15, 0.2) is 42.5 Å². The summed E-state index contributed by atoms with van der Waals surface area (Å²) in [7, 11) is -3.66. The number of nitrogens with one attached hydrogen (secondary N) is 1. The Balaban J connectivity index is 2.10. The largest absolute Gasteiger partial charge is 0.490 e. The highest BCUT2D eigenvalue weighted by atomic mass is 35.5. The van der Waals surface area contributed by atoms with Crippen molar-refractivity contribution in [2.24, 2.45) is 0 Å². The Hall–Kier alpha value is -2.25. The Labute approximate surface area is 177 Å². The van der Waals surface area contributed by atoms with E-state index in [-0.39, 0.29) is 19.1 Å². The van der Waals surface area contributed by atoms with Crippen LogP contribution >= 0.6 is 11.6 Å². The van der Waals surface area contributed by atoms with E-state index in [9.17, 15) is 13.2 Å². The average molecular weight is 439 g/mol. The Bertz CT molecular complexity index is 963. The minimum atomic E-state index is -3.66. The van der Waals surface area contributed by atoms with Gasteiger partial charge in [-0.15, -0.1) is 0 Å². The molecule has 0 aromatic heterocycles. The van der Waals surface area contributed by atoms with Crippen molar-refractivity contribution in [3.63, 3.8) is 0 Å². The van der Waals surface area contributed by atoms with Gasteiger partial charge in [0.1, 0.15) is 18.4 Å². The van der Waals surface area contributed by atoms with Crippen LogP contribution in [0.3, 0.4) is 0 Å². The van der Waals surface area contributed by atoms with Gasteiger partial charge in [0.05, 0.1) is 23.5 Å². The van der Waals surface area contributed by atoms with Crippen LogP contribution in [-0.2, 0) is 14.8 Å². The smallest absolute Gasteiger partial charge is 0.244 e. The maximum atomic E-state index is 12.8. The first kappa shape index (κ1) is 23.0. The molecular weight excluding hydrogens is 412 g/mol. The molecular formula is C21H27ClN2O4S. The number of anilines is 1. The molecule has 0 aliphatic rings. The van der Waals surface area contributed by atoms with Crippen molar-refractivity contribution in [3.05, 3.63) is 58.6 Å². The number of amides is 1. The van der Waals surface area contributed by atoms with Crippen LogP contribution < -0.4 is 14.4 Å². The molecule has 0 radical (unpaired) electrons. The van der Waals surface area contributed by atoms with Gasteiger partial charge in [-0.25, -0.2) is 8.42 Å². The van der Waals surface area contributed by atoms with Gasteiger partial charge >= 0.3 is 0 Å². The van der Waals surface area contributed by atoms with Crippen LogP contribution in [0.2, 0.25) is 5.02 Å². The van der Waals surface area contributed by atoms with E-state index in [0.29, 0.717) is 22.9 Å². The molecule has 1 unspecified atom stereocenters. The summed E-state index contributed by atoms with van der Waals surface area (Å²) in [6, 6.07) is 11.6. The van der Waals surface area contributed by atoms with Crippen LogP contribution in [-0.4, -0.2) is 39.8 Å². The average Bonchev–Trinajstić information content (AvgIpc) is 2.65. The summed E-state index contributed by atoms with van der Waals surface area (Å²) in [5.74, 6) is 0.155. The molecule has 0 saturated carbocycles. The highest BCUT2D eigenvalue weighted by Crippen LogP contribution is 2.25. The predicted molar refractivity (Wildman–Crippen MR) is 117 cm³/mol. The Morgan fingerprint density at radius 2 is 1.86 bits per heavy atom. The van der Waals surface area contributed by atoms with Gasteiger partial charge in [0, 0.05) is 0 Å². The van der Waals surface area contributed by atoms with E-state index in [1.807, 2.05) is 19.9 Å². The highest BCUT2D eigenvalue weighted by Gasteiger charge is 2.31. The lowest BCUT2D eigenvalue weighted by molar-refractivity contribution is -0.122. The first-order chi connectivity index (χ1) is 13.6. The van der Waals surface area contributed by atoms with Crippen LogP contribution in [0.1, 0.15) is 24.5 Å². The maximum absolute atomic E-state index is 12.8. The molecule has 2 rings (SSSR count). The van der Waals surface area contributed by atoms with Crippen molar-refractivity contribution in [1.82, 2.24) is 5.32 Å². The Morgan fingerprint density at radius 3 is 2.45 bits per heavy atom. The van der Waals surface area contributed by atoms with Crippen LogP contribution in [0.5, 0.6) is 5.75 Å². The van der Waals surface area contributed by atoms with E-state index in [0.717, 1.165) is 17.4 Å². The molecule has 0 fully saturated rings. The minimum absolute atomic E-state index is 0.217. The second-order valence-electron chi connectivity index (χ2n) is 6.82. The van der Waals surface area contributed by atoms with E-state index < -0.39 is 16.1 Å². The van der Waals surface area contributed by atoms with E-state index in [1.54, 1.807) is 43.3 Å². The van der Waals surface area contributed by atoms with Gasteiger partial charge in [-0.2, -0.15) is 0 Å². The molecule has 2 aromatic carbocycles. The lowest BCUT2D eigenvalue weighted by Gasteiger charge is -2.30. The molecule has 1 N–H and O–H groups in total. The molecule has 0 aliphatic heterocycles. The van der Waals surface area contributed by atoms with Gasteiger partial charge in [0.25, 0.3) is 0 Å². The zero-order valence-corrected chi connectivity index (χ0v) is 18.7. The first-order valence-corrected chi connectivity index (χ1v) is 11.6. The Kier molecular flexibility index (Phi) is 7.93. The number of carbonyl (C=O) groups is 1. The van der Waals surface area contributed by atoms with E-state index in [4.69, 9.17) is 16.3 Å². The van der Waals surface area contributed by atoms with E-state index in [1.165, 1.54) is 4.31 Å². The van der Waals surface area contributed by atoms with Crippen LogP contribution in [0, 0.1) is 13.8 Å². The molecule has 0 heterocycles. The predicted octanol–water partition coefficient (Wildman–Crippen LogP) is 3.70. The third-order valence-electron chi connectivity index (χ3n) is 4.57. The third kappa shape index (κ3) is 6.11. The molecule has 6 nitrogen and oxygen atoms in total. The fraction of sp³-hybridized carbons (Fsp3) is 0.381. The summed E-state index contributed by atoms with van der Waals surface area (Å²) in [6.07, 6.45) is 1.44. The van der Waals surface area contributed by atoms with Crippen LogP contribution in [0.4, 0.5) is 5.69 Å². The van der Waals surface area contributed by atoms with E-state index in [2.05, 4.69) is 5.32 Å². The molecule has 8 heteroatoms. The van der Waals surface area contributed by atoms with E-state index >= 15 is 0 Å². The van der Waals surface area contributed by atoms with Gasteiger partial charge in [0.2, 0.25) is 15.9 Å². The zero-order chi connectivity index (χ0) is 21.6. The fourth-order valence-corrected chi connectivity index (χ4v) is 4.33. The number of halogens is 1. The second-order valence-corrected chi connectivity index (χ2v) is 9.09. The summed E-state index contributed by atoms with van der Waals surface area (Å²) >= 11 is 6.04. The fourth-order valence-electron chi connectivity index (χ4n) is 2.94. The van der Waals surface area contributed by atoms with Crippen molar-refractivity contribution in [1.29, 1.82) is 0 Å². The molecule has 0 bridgehead atoms. The topological polar surface area (TPSA) is 75.7 Å². The number of aryl methyl sites for hydroxylation is 2. The molecule has 158 valence electrons. The number of nitrogens with zero attached hydrogens (tertiary/aromatic N) is 1. The van der Waals surface area contributed by atoms with Gasteiger partial charge in [-0.1, -0.05) is 36.7 Å². The molecule has 0 aliphatic carbocycles. The molecule has 2 aromatic rings. The van der Waals surface area contributed by atoms with Crippen molar-refractivity contribution < 1.29 is 17.9 Å². The first-order valence-electron chi connectivity index (χ1n) is 9.36. The van der Waals surface area contributed by atoms with Crippen molar-refractivity contribution in [3.8, 4) is 5.75 Å². The maximum Gasteiger partial charge on any atom is 0.244 e. The molecule has 0 saturated heterocycles. The summed E-state index contributed by atoms with van der Waals surface area (Å²) in [6.45, 7) is 6.09. The minimum Gasteiger partial charge on any atom is -0.490 e. The van der Waals surface area contributed by atoms with Gasteiger partial charge in [-0.3, -0.25) is 9.10 Å². The number of hydrogen-bond acceptors (Lipinski definition) is 4. The number of benzene rings is 2. The summed E-state index contributed by atoms with van der Waals surface area (Å²) < 4.78 is 31.7. The number of rotatable bonds is 9. The van der Waals surface area contributed by atoms with Crippen molar-refractivity contribution in [2.45, 2.75) is 33.2 Å². The Morgan fingerprint density at radius 1 is 1.17 bits per heavy atom. The number of ether oxygens (including phenoxy) is 1. The van der Waals surface area contributed by atoms with Crippen LogP contribution in [0.25, 0.3) is 0 Å². The third-order valence-corrected chi connectivity index (χ3v) is 6.06. The highest BCUT2D eigenvalue weighted by molar-refractivity contribution is 7.92. The number of para-hydroxylation sites is 1. The monoisotopic (exact) mass is 438 g/mol. The summed E-state index contributed by atoms with van der Waals surface area (Å²) in [4.78, 5) is 12.8. The molecule has 29 heavy (non-hydrogen) atoms. The second kappa shape index (κ2) is 9.98.